The molecule has 0 saturated heterocycles. The molecule has 0 aromatic rings. The largest absolute Gasteiger partial charge is 0.481 e. The molecule has 0 aliphatic heterocycles. The van der Waals surface area contributed by atoms with Crippen LogP contribution in [0.1, 0.15) is 40.0 Å². The molecule has 0 radical (unpaired) electrons. The van der Waals surface area contributed by atoms with E-state index in [9.17, 15) is 9.59 Å². The Kier molecular flexibility index (Phi) is 6.03. The molecule has 2 unspecified atom stereocenters. The van der Waals surface area contributed by atoms with Crippen LogP contribution in [0.15, 0.2) is 0 Å². The van der Waals surface area contributed by atoms with Crippen LogP contribution >= 0.6 is 0 Å². The monoisotopic (exact) mass is 230 g/mol. The second-order valence-corrected chi connectivity index (χ2v) is 4.41. The maximum Gasteiger partial charge on any atom is 0.306 e. The van der Waals surface area contributed by atoms with Gasteiger partial charge in [-0.1, -0.05) is 13.8 Å². The first kappa shape index (κ1) is 14.9. The minimum absolute atomic E-state index is 0.182. The SMILES string of the molecule is CCC(C)(N)C(=O)NCCCC(C)C(=O)O. The Morgan fingerprint density at radius 1 is 1.50 bits per heavy atom. The van der Waals surface area contributed by atoms with Crippen molar-refractivity contribution in [1.29, 1.82) is 0 Å². The van der Waals surface area contributed by atoms with Gasteiger partial charge in [0, 0.05) is 6.54 Å². The van der Waals surface area contributed by atoms with Crippen LogP contribution in [0, 0.1) is 5.92 Å². The van der Waals surface area contributed by atoms with E-state index in [1.165, 1.54) is 0 Å². The van der Waals surface area contributed by atoms with E-state index in [-0.39, 0.29) is 11.8 Å². The quantitative estimate of drug-likeness (QED) is 0.562. The van der Waals surface area contributed by atoms with Gasteiger partial charge < -0.3 is 16.2 Å². The summed E-state index contributed by atoms with van der Waals surface area (Å²) in [4.78, 5) is 22.0. The van der Waals surface area contributed by atoms with Gasteiger partial charge in [0.1, 0.15) is 0 Å². The molecular weight excluding hydrogens is 208 g/mol. The van der Waals surface area contributed by atoms with E-state index in [2.05, 4.69) is 5.32 Å². The predicted molar refractivity (Wildman–Crippen MR) is 61.9 cm³/mol. The van der Waals surface area contributed by atoms with Crippen LogP contribution in [0.25, 0.3) is 0 Å². The zero-order chi connectivity index (χ0) is 12.8. The standard InChI is InChI=1S/C11H22N2O3/c1-4-11(3,12)10(16)13-7-5-6-8(2)9(14)15/h8H,4-7,12H2,1-3H3,(H,13,16)(H,14,15). The van der Waals surface area contributed by atoms with Crippen molar-refractivity contribution in [3.8, 4) is 0 Å². The lowest BCUT2D eigenvalue weighted by Crippen LogP contribution is -2.51. The summed E-state index contributed by atoms with van der Waals surface area (Å²) in [5.74, 6) is -1.35. The summed E-state index contributed by atoms with van der Waals surface area (Å²) in [5.41, 5.74) is 4.91. The van der Waals surface area contributed by atoms with E-state index in [0.29, 0.717) is 25.8 Å². The fourth-order valence-corrected chi connectivity index (χ4v) is 1.10. The fraction of sp³-hybridized carbons (Fsp3) is 0.818. The lowest BCUT2D eigenvalue weighted by Gasteiger charge is -2.21. The van der Waals surface area contributed by atoms with Gasteiger partial charge in [-0.05, 0) is 26.2 Å². The highest BCUT2D eigenvalue weighted by molar-refractivity contribution is 5.85. The number of rotatable bonds is 7. The highest BCUT2D eigenvalue weighted by Crippen LogP contribution is 2.06. The zero-order valence-corrected chi connectivity index (χ0v) is 10.2. The van der Waals surface area contributed by atoms with Crippen molar-refractivity contribution >= 4 is 11.9 Å². The Morgan fingerprint density at radius 3 is 2.50 bits per heavy atom. The summed E-state index contributed by atoms with van der Waals surface area (Å²) in [7, 11) is 0. The smallest absolute Gasteiger partial charge is 0.306 e. The Morgan fingerprint density at radius 2 is 2.06 bits per heavy atom. The molecule has 0 aromatic carbocycles. The summed E-state index contributed by atoms with van der Waals surface area (Å²) in [6.07, 6.45) is 1.78. The number of nitrogens with two attached hydrogens (primary N) is 1. The lowest BCUT2D eigenvalue weighted by atomic mass is 9.99. The number of amides is 1. The Balaban J connectivity index is 3.76. The molecule has 0 spiro atoms. The van der Waals surface area contributed by atoms with E-state index < -0.39 is 11.5 Å². The van der Waals surface area contributed by atoms with Crippen LogP contribution in [0.3, 0.4) is 0 Å². The van der Waals surface area contributed by atoms with E-state index in [1.54, 1.807) is 13.8 Å². The summed E-state index contributed by atoms with van der Waals surface area (Å²) in [6.45, 7) is 5.67. The van der Waals surface area contributed by atoms with Gasteiger partial charge in [0.05, 0.1) is 11.5 Å². The second kappa shape index (κ2) is 6.48. The maximum atomic E-state index is 11.5. The topological polar surface area (TPSA) is 92.4 Å². The molecule has 5 heteroatoms. The van der Waals surface area contributed by atoms with Crippen molar-refractivity contribution in [2.75, 3.05) is 6.54 Å². The molecule has 16 heavy (non-hydrogen) atoms. The number of aliphatic carboxylic acids is 1. The molecule has 0 rings (SSSR count). The third-order valence-electron chi connectivity index (χ3n) is 2.77. The van der Waals surface area contributed by atoms with Gasteiger partial charge in [-0.15, -0.1) is 0 Å². The maximum absolute atomic E-state index is 11.5. The fourth-order valence-electron chi connectivity index (χ4n) is 1.10. The number of carbonyl (C=O) groups is 2. The molecule has 0 aliphatic carbocycles. The van der Waals surface area contributed by atoms with Crippen molar-refractivity contribution in [1.82, 2.24) is 5.32 Å². The first-order chi connectivity index (χ1) is 7.31. The van der Waals surface area contributed by atoms with Crippen LogP contribution in [0.5, 0.6) is 0 Å². The molecule has 0 heterocycles. The van der Waals surface area contributed by atoms with Crippen molar-refractivity contribution in [2.45, 2.75) is 45.6 Å². The van der Waals surface area contributed by atoms with E-state index in [0.717, 1.165) is 0 Å². The van der Waals surface area contributed by atoms with Gasteiger partial charge in [0.2, 0.25) is 5.91 Å². The minimum Gasteiger partial charge on any atom is -0.481 e. The second-order valence-electron chi connectivity index (χ2n) is 4.41. The molecule has 0 aromatic heterocycles. The zero-order valence-electron chi connectivity index (χ0n) is 10.2. The highest BCUT2D eigenvalue weighted by atomic mass is 16.4. The molecule has 0 aliphatic rings. The first-order valence-electron chi connectivity index (χ1n) is 5.61. The minimum atomic E-state index is -0.835. The Hall–Kier alpha value is -1.10. The van der Waals surface area contributed by atoms with Crippen LogP contribution in [-0.2, 0) is 9.59 Å². The number of carboxylic acids is 1. The molecule has 0 fully saturated rings. The number of carboxylic acid groups (broad SMARTS) is 1. The lowest BCUT2D eigenvalue weighted by molar-refractivity contribution is -0.141. The average molecular weight is 230 g/mol. The van der Waals surface area contributed by atoms with Gasteiger partial charge in [0.15, 0.2) is 0 Å². The summed E-state index contributed by atoms with van der Waals surface area (Å²) in [6, 6.07) is 0. The summed E-state index contributed by atoms with van der Waals surface area (Å²) < 4.78 is 0. The normalized spacial score (nSPS) is 16.2. The van der Waals surface area contributed by atoms with E-state index in [1.807, 2.05) is 6.92 Å². The van der Waals surface area contributed by atoms with Gasteiger partial charge >= 0.3 is 5.97 Å². The molecule has 2 atom stereocenters. The molecule has 4 N–H and O–H groups in total. The molecule has 0 saturated carbocycles. The van der Waals surface area contributed by atoms with Crippen molar-refractivity contribution in [2.24, 2.45) is 11.7 Å². The van der Waals surface area contributed by atoms with Gasteiger partial charge in [-0.2, -0.15) is 0 Å². The first-order valence-corrected chi connectivity index (χ1v) is 5.61. The van der Waals surface area contributed by atoms with Crippen molar-refractivity contribution < 1.29 is 14.7 Å². The Labute approximate surface area is 96.4 Å². The van der Waals surface area contributed by atoms with Gasteiger partial charge in [-0.3, -0.25) is 9.59 Å². The Bertz CT molecular complexity index is 252. The molecule has 94 valence electrons. The van der Waals surface area contributed by atoms with Crippen molar-refractivity contribution in [3.63, 3.8) is 0 Å². The van der Waals surface area contributed by atoms with E-state index in [4.69, 9.17) is 10.8 Å². The molecule has 5 nitrogen and oxygen atoms in total. The van der Waals surface area contributed by atoms with Gasteiger partial charge in [-0.25, -0.2) is 0 Å². The van der Waals surface area contributed by atoms with Crippen molar-refractivity contribution in [3.05, 3.63) is 0 Å². The predicted octanol–water partition coefficient (Wildman–Crippen LogP) is 0.731. The van der Waals surface area contributed by atoms with Crippen LogP contribution in [0.4, 0.5) is 0 Å². The molecule has 1 amide bonds. The highest BCUT2D eigenvalue weighted by Gasteiger charge is 2.25. The third-order valence-corrected chi connectivity index (χ3v) is 2.77. The summed E-state index contributed by atoms with van der Waals surface area (Å²) in [5, 5.41) is 11.4. The number of carbonyl (C=O) groups excluding carboxylic acids is 1. The molecule has 0 bridgehead atoms. The van der Waals surface area contributed by atoms with Crippen LogP contribution in [0.2, 0.25) is 0 Å². The van der Waals surface area contributed by atoms with Crippen LogP contribution in [-0.4, -0.2) is 29.1 Å². The third kappa shape index (κ3) is 5.11. The summed E-state index contributed by atoms with van der Waals surface area (Å²) >= 11 is 0. The average Bonchev–Trinajstić information content (AvgIpc) is 2.23. The number of hydrogen-bond acceptors (Lipinski definition) is 3. The van der Waals surface area contributed by atoms with Gasteiger partial charge in [0.25, 0.3) is 0 Å². The molecular formula is C11H22N2O3. The van der Waals surface area contributed by atoms with E-state index >= 15 is 0 Å². The number of nitrogens with one attached hydrogen (secondary N) is 1. The van der Waals surface area contributed by atoms with Crippen LogP contribution < -0.4 is 11.1 Å². The number of hydrogen-bond donors (Lipinski definition) is 3.